The van der Waals surface area contributed by atoms with Crippen molar-refractivity contribution in [2.75, 3.05) is 47.2 Å². The molecule has 1 saturated heterocycles. The van der Waals surface area contributed by atoms with E-state index in [2.05, 4.69) is 16.1 Å². The maximum Gasteiger partial charge on any atom is 0.292 e. The zero-order chi connectivity index (χ0) is 22.8. The monoisotopic (exact) mass is 451 g/mol. The van der Waals surface area contributed by atoms with E-state index in [1.165, 1.54) is 0 Å². The zero-order valence-corrected chi connectivity index (χ0v) is 18.6. The third-order valence-electron chi connectivity index (χ3n) is 5.90. The topological polar surface area (TPSA) is 86.5 Å². The van der Waals surface area contributed by atoms with Crippen LogP contribution in [0, 0.1) is 0 Å². The van der Waals surface area contributed by atoms with Gasteiger partial charge in [0.25, 0.3) is 5.91 Å². The van der Waals surface area contributed by atoms with Crippen LogP contribution in [0.1, 0.15) is 16.1 Å². The van der Waals surface area contributed by atoms with Crippen LogP contribution >= 0.6 is 0 Å². The van der Waals surface area contributed by atoms with Gasteiger partial charge in [-0.2, -0.15) is 0 Å². The van der Waals surface area contributed by atoms with Gasteiger partial charge >= 0.3 is 0 Å². The maximum absolute atomic E-state index is 13.0. The zero-order valence-electron chi connectivity index (χ0n) is 18.6. The molecular formula is C24H25N3O6. The number of nitrogens with zero attached hydrogens (tertiary/aromatic N) is 3. The molecule has 172 valence electrons. The molecule has 1 fully saturated rings. The van der Waals surface area contributed by atoms with Gasteiger partial charge in [0.05, 0.1) is 14.2 Å². The van der Waals surface area contributed by atoms with Gasteiger partial charge in [-0.15, -0.1) is 0 Å². The Bertz CT molecular complexity index is 1150. The lowest BCUT2D eigenvalue weighted by Gasteiger charge is -2.34. The molecule has 0 radical (unpaired) electrons. The second kappa shape index (κ2) is 9.03. The van der Waals surface area contributed by atoms with Crippen molar-refractivity contribution in [2.45, 2.75) is 6.54 Å². The highest BCUT2D eigenvalue weighted by atomic mass is 16.7. The van der Waals surface area contributed by atoms with Crippen LogP contribution in [0.15, 0.2) is 47.0 Å². The first kappa shape index (κ1) is 21.1. The summed E-state index contributed by atoms with van der Waals surface area (Å²) in [4.78, 5) is 17.1. The summed E-state index contributed by atoms with van der Waals surface area (Å²) < 4.78 is 26.8. The van der Waals surface area contributed by atoms with Gasteiger partial charge < -0.3 is 28.4 Å². The number of carbonyl (C=O) groups is 1. The summed E-state index contributed by atoms with van der Waals surface area (Å²) in [6.07, 6.45) is 0. The van der Waals surface area contributed by atoms with Crippen molar-refractivity contribution in [3.05, 3.63) is 53.8 Å². The van der Waals surface area contributed by atoms with Crippen molar-refractivity contribution in [3.63, 3.8) is 0 Å². The second-order valence-electron chi connectivity index (χ2n) is 7.90. The average molecular weight is 451 g/mol. The minimum absolute atomic E-state index is 0.156. The molecule has 2 aromatic carbocycles. The molecule has 2 aliphatic rings. The highest BCUT2D eigenvalue weighted by molar-refractivity contribution is 5.92. The molecule has 5 rings (SSSR count). The van der Waals surface area contributed by atoms with E-state index >= 15 is 0 Å². The Morgan fingerprint density at radius 2 is 1.73 bits per heavy atom. The van der Waals surface area contributed by atoms with Crippen LogP contribution in [-0.4, -0.2) is 68.1 Å². The van der Waals surface area contributed by atoms with Crippen molar-refractivity contribution in [1.29, 1.82) is 0 Å². The molecule has 0 spiro atoms. The van der Waals surface area contributed by atoms with E-state index in [-0.39, 0.29) is 18.5 Å². The van der Waals surface area contributed by atoms with Gasteiger partial charge in [0.1, 0.15) is 5.69 Å². The summed E-state index contributed by atoms with van der Waals surface area (Å²) in [6.45, 7) is 3.86. The second-order valence-corrected chi connectivity index (χ2v) is 7.90. The predicted octanol–water partition coefficient (Wildman–Crippen LogP) is 3.05. The van der Waals surface area contributed by atoms with E-state index in [4.69, 9.17) is 23.5 Å². The summed E-state index contributed by atoms with van der Waals surface area (Å²) in [6, 6.07) is 13.1. The fourth-order valence-corrected chi connectivity index (χ4v) is 4.07. The molecule has 2 aliphatic heterocycles. The normalized spacial score (nSPS) is 15.5. The number of aromatic nitrogens is 1. The van der Waals surface area contributed by atoms with Crippen LogP contribution < -0.4 is 18.9 Å². The van der Waals surface area contributed by atoms with Gasteiger partial charge in [0, 0.05) is 44.4 Å². The molecule has 3 aromatic rings. The average Bonchev–Trinajstić information content (AvgIpc) is 3.53. The molecule has 33 heavy (non-hydrogen) atoms. The molecule has 0 bridgehead atoms. The third kappa shape index (κ3) is 4.31. The largest absolute Gasteiger partial charge is 0.493 e. The quantitative estimate of drug-likeness (QED) is 0.565. The molecule has 0 atom stereocenters. The lowest BCUT2D eigenvalue weighted by atomic mass is 10.1. The van der Waals surface area contributed by atoms with E-state index < -0.39 is 0 Å². The van der Waals surface area contributed by atoms with Gasteiger partial charge in [-0.05, 0) is 35.9 Å². The number of benzene rings is 2. The number of methoxy groups -OCH3 is 2. The molecule has 0 saturated carbocycles. The molecule has 0 aliphatic carbocycles. The van der Waals surface area contributed by atoms with Gasteiger partial charge in [-0.25, -0.2) is 0 Å². The number of hydrogen-bond donors (Lipinski definition) is 0. The van der Waals surface area contributed by atoms with Crippen molar-refractivity contribution < 1.29 is 28.3 Å². The Balaban J connectivity index is 1.20. The Labute approximate surface area is 191 Å². The SMILES string of the molecule is COc1ccc(-c2cc(C(=O)N3CCN(Cc4ccc5c(c4)OCO5)CC3)on2)cc1OC. The van der Waals surface area contributed by atoms with Gasteiger partial charge in [-0.1, -0.05) is 11.2 Å². The Kier molecular flexibility index (Phi) is 5.78. The lowest BCUT2D eigenvalue weighted by Crippen LogP contribution is -2.48. The van der Waals surface area contributed by atoms with Crippen molar-refractivity contribution in [1.82, 2.24) is 15.0 Å². The Morgan fingerprint density at radius 3 is 2.52 bits per heavy atom. The van der Waals surface area contributed by atoms with E-state index in [0.717, 1.165) is 42.3 Å². The van der Waals surface area contributed by atoms with Crippen LogP contribution in [0.3, 0.4) is 0 Å². The first-order valence-corrected chi connectivity index (χ1v) is 10.7. The van der Waals surface area contributed by atoms with Crippen LogP contribution in [0.25, 0.3) is 11.3 Å². The standard InChI is InChI=1S/C24H25N3O6/c1-29-19-6-4-17(12-21(19)30-2)18-13-23(33-25-18)24(28)27-9-7-26(8-10-27)14-16-3-5-20-22(11-16)32-15-31-20/h3-6,11-13H,7-10,14-15H2,1-2H3. The number of ether oxygens (including phenoxy) is 4. The predicted molar refractivity (Wildman–Crippen MR) is 119 cm³/mol. The lowest BCUT2D eigenvalue weighted by molar-refractivity contribution is 0.0588. The highest BCUT2D eigenvalue weighted by Crippen LogP contribution is 2.33. The smallest absolute Gasteiger partial charge is 0.292 e. The fourth-order valence-electron chi connectivity index (χ4n) is 4.07. The highest BCUT2D eigenvalue weighted by Gasteiger charge is 2.26. The number of piperazine rings is 1. The molecule has 9 nitrogen and oxygen atoms in total. The first-order valence-electron chi connectivity index (χ1n) is 10.7. The summed E-state index contributed by atoms with van der Waals surface area (Å²) in [5.41, 5.74) is 2.51. The van der Waals surface area contributed by atoms with Crippen LogP contribution in [0.5, 0.6) is 23.0 Å². The number of amides is 1. The van der Waals surface area contributed by atoms with E-state index in [1.807, 2.05) is 18.2 Å². The number of hydrogen-bond acceptors (Lipinski definition) is 8. The Hall–Kier alpha value is -3.72. The molecule has 0 unspecified atom stereocenters. The summed E-state index contributed by atoms with van der Waals surface area (Å²) in [7, 11) is 3.16. The number of carbonyl (C=O) groups excluding carboxylic acids is 1. The maximum atomic E-state index is 13.0. The molecule has 1 aromatic heterocycles. The first-order chi connectivity index (χ1) is 16.1. The fraction of sp³-hybridized carbons (Fsp3) is 0.333. The third-order valence-corrected chi connectivity index (χ3v) is 5.90. The molecule has 3 heterocycles. The summed E-state index contributed by atoms with van der Waals surface area (Å²) in [5.74, 6) is 2.86. The molecule has 1 amide bonds. The summed E-state index contributed by atoms with van der Waals surface area (Å²) in [5, 5.41) is 4.08. The van der Waals surface area contributed by atoms with Gasteiger partial charge in [0.2, 0.25) is 12.6 Å². The van der Waals surface area contributed by atoms with E-state index in [9.17, 15) is 4.79 Å². The van der Waals surface area contributed by atoms with Crippen LogP contribution in [0.2, 0.25) is 0 Å². The van der Waals surface area contributed by atoms with E-state index in [1.54, 1.807) is 37.3 Å². The van der Waals surface area contributed by atoms with Crippen molar-refractivity contribution >= 4 is 5.91 Å². The number of fused-ring (bicyclic) bond motifs is 1. The van der Waals surface area contributed by atoms with Crippen LogP contribution in [0.4, 0.5) is 0 Å². The van der Waals surface area contributed by atoms with Crippen molar-refractivity contribution in [3.8, 4) is 34.3 Å². The van der Waals surface area contributed by atoms with Gasteiger partial charge in [0.15, 0.2) is 23.0 Å². The van der Waals surface area contributed by atoms with Gasteiger partial charge in [-0.3, -0.25) is 9.69 Å². The minimum atomic E-state index is -0.156. The van der Waals surface area contributed by atoms with Crippen LogP contribution in [-0.2, 0) is 6.54 Å². The number of rotatable bonds is 6. The Morgan fingerprint density at radius 1 is 0.939 bits per heavy atom. The summed E-state index contributed by atoms with van der Waals surface area (Å²) >= 11 is 0. The molecular weight excluding hydrogens is 426 g/mol. The molecule has 9 heteroatoms. The van der Waals surface area contributed by atoms with Crippen molar-refractivity contribution in [2.24, 2.45) is 0 Å². The van der Waals surface area contributed by atoms with E-state index in [0.29, 0.717) is 30.3 Å². The minimum Gasteiger partial charge on any atom is -0.493 e. The molecule has 0 N–H and O–H groups in total.